The molecule has 128 valence electrons. The van der Waals surface area contributed by atoms with E-state index in [2.05, 4.69) is 4.72 Å². The third-order valence-corrected chi connectivity index (χ3v) is 5.09. The van der Waals surface area contributed by atoms with Crippen LogP contribution >= 0.6 is 0 Å². The predicted molar refractivity (Wildman–Crippen MR) is 94.7 cm³/mol. The molecule has 0 fully saturated rings. The number of methoxy groups -OCH3 is 1. The molecule has 25 heavy (non-hydrogen) atoms. The second-order valence-corrected chi connectivity index (χ2v) is 7.02. The number of hydrogen-bond acceptors (Lipinski definition) is 4. The van der Waals surface area contributed by atoms with E-state index in [9.17, 15) is 18.3 Å². The summed E-state index contributed by atoms with van der Waals surface area (Å²) in [4.78, 5) is 11.1. The third-order valence-electron chi connectivity index (χ3n) is 3.71. The molecule has 2 N–H and O–H groups in total. The Labute approximate surface area is 144 Å². The van der Waals surface area contributed by atoms with Crippen molar-refractivity contribution in [2.75, 3.05) is 11.8 Å². The molecule has 0 heterocycles. The minimum Gasteiger partial charge on any atom is -0.496 e. The van der Waals surface area contributed by atoms with Crippen LogP contribution in [-0.4, -0.2) is 26.6 Å². The lowest BCUT2D eigenvalue weighted by molar-refractivity contribution is 0.0693. The number of carbonyl (C=O) groups is 1. The first kappa shape index (κ1) is 16.8. The van der Waals surface area contributed by atoms with Crippen LogP contribution in [0.5, 0.6) is 5.75 Å². The SMILES string of the molecule is COc1ccc(S(=O)(=O)Nc2ccc3ccccc3c2)cc1C(=O)O. The van der Waals surface area contributed by atoms with E-state index in [-0.39, 0.29) is 16.2 Å². The van der Waals surface area contributed by atoms with Gasteiger partial charge in [0.25, 0.3) is 10.0 Å². The predicted octanol–water partition coefficient (Wildman–Crippen LogP) is 3.35. The lowest BCUT2D eigenvalue weighted by atomic mass is 10.1. The summed E-state index contributed by atoms with van der Waals surface area (Å²) in [6.45, 7) is 0. The van der Waals surface area contributed by atoms with Crippen LogP contribution in [0.2, 0.25) is 0 Å². The molecule has 0 spiro atoms. The molecule has 0 saturated carbocycles. The van der Waals surface area contributed by atoms with Crippen LogP contribution < -0.4 is 9.46 Å². The van der Waals surface area contributed by atoms with E-state index in [4.69, 9.17) is 4.74 Å². The Bertz CT molecular complexity index is 1060. The fourth-order valence-electron chi connectivity index (χ4n) is 2.49. The Morgan fingerprint density at radius 1 is 1.00 bits per heavy atom. The van der Waals surface area contributed by atoms with Crippen LogP contribution in [0.3, 0.4) is 0 Å². The number of carboxylic acid groups (broad SMARTS) is 1. The standard InChI is InChI=1S/C18H15NO5S/c1-24-17-9-8-15(11-16(17)18(20)21)25(22,23)19-14-7-6-12-4-2-3-5-13(12)10-14/h2-11,19H,1H3,(H,20,21). The number of fused-ring (bicyclic) bond motifs is 1. The van der Waals surface area contributed by atoms with E-state index in [1.165, 1.54) is 19.2 Å². The van der Waals surface area contributed by atoms with Crippen LogP contribution in [0.25, 0.3) is 10.8 Å². The maximum absolute atomic E-state index is 12.6. The topological polar surface area (TPSA) is 92.7 Å². The molecule has 0 radical (unpaired) electrons. The second-order valence-electron chi connectivity index (χ2n) is 5.33. The fraction of sp³-hybridized carbons (Fsp3) is 0.0556. The quantitative estimate of drug-likeness (QED) is 0.730. The number of carboxylic acids is 1. The molecule has 0 bridgehead atoms. The maximum Gasteiger partial charge on any atom is 0.339 e. The Morgan fingerprint density at radius 3 is 2.40 bits per heavy atom. The van der Waals surface area contributed by atoms with Gasteiger partial charge in [-0.3, -0.25) is 4.72 Å². The molecule has 6 nitrogen and oxygen atoms in total. The Hall–Kier alpha value is -3.06. The minimum absolute atomic E-state index is 0.0946. The van der Waals surface area contributed by atoms with Crippen LogP contribution in [-0.2, 0) is 10.0 Å². The van der Waals surface area contributed by atoms with E-state index >= 15 is 0 Å². The third kappa shape index (κ3) is 3.41. The lowest BCUT2D eigenvalue weighted by Gasteiger charge is -2.11. The van der Waals surface area contributed by atoms with Gasteiger partial charge in [-0.15, -0.1) is 0 Å². The molecule has 0 unspecified atom stereocenters. The molecular formula is C18H15NO5S. The van der Waals surface area contributed by atoms with E-state index < -0.39 is 16.0 Å². The molecule has 0 aliphatic carbocycles. The Balaban J connectivity index is 1.98. The van der Waals surface area contributed by atoms with Gasteiger partial charge in [-0.2, -0.15) is 0 Å². The van der Waals surface area contributed by atoms with Gasteiger partial charge in [-0.25, -0.2) is 13.2 Å². The largest absolute Gasteiger partial charge is 0.496 e. The molecule has 3 aromatic rings. The number of aromatic carboxylic acids is 1. The van der Waals surface area contributed by atoms with Crippen LogP contribution in [0.15, 0.2) is 65.6 Å². The highest BCUT2D eigenvalue weighted by Gasteiger charge is 2.19. The summed E-state index contributed by atoms with van der Waals surface area (Å²) < 4.78 is 32.5. The number of nitrogens with one attached hydrogen (secondary N) is 1. The normalized spacial score (nSPS) is 11.2. The summed E-state index contributed by atoms with van der Waals surface area (Å²) >= 11 is 0. The average Bonchev–Trinajstić information content (AvgIpc) is 2.60. The number of hydrogen-bond donors (Lipinski definition) is 2. The number of ether oxygens (including phenoxy) is 1. The number of benzene rings is 3. The summed E-state index contributed by atoms with van der Waals surface area (Å²) in [5.74, 6) is -1.17. The van der Waals surface area contributed by atoms with Crippen molar-refractivity contribution in [2.45, 2.75) is 4.90 Å². The van der Waals surface area contributed by atoms with Crippen molar-refractivity contribution < 1.29 is 23.1 Å². The van der Waals surface area contributed by atoms with E-state index in [0.29, 0.717) is 5.69 Å². The average molecular weight is 357 g/mol. The Morgan fingerprint density at radius 2 is 1.72 bits per heavy atom. The molecule has 0 aliphatic rings. The van der Waals surface area contributed by atoms with Crippen molar-refractivity contribution in [2.24, 2.45) is 0 Å². The van der Waals surface area contributed by atoms with Crippen molar-refractivity contribution in [3.8, 4) is 5.75 Å². The summed E-state index contributed by atoms with van der Waals surface area (Å²) in [6, 6.07) is 16.4. The van der Waals surface area contributed by atoms with Crippen molar-refractivity contribution >= 4 is 32.5 Å². The zero-order valence-electron chi connectivity index (χ0n) is 13.3. The zero-order valence-corrected chi connectivity index (χ0v) is 14.1. The Kier molecular flexibility index (Phi) is 4.33. The van der Waals surface area contributed by atoms with Gasteiger partial charge >= 0.3 is 5.97 Å². The number of rotatable bonds is 5. The first-order valence-corrected chi connectivity index (χ1v) is 8.82. The molecule has 0 saturated heterocycles. The van der Waals surface area contributed by atoms with Crippen molar-refractivity contribution in [3.63, 3.8) is 0 Å². The smallest absolute Gasteiger partial charge is 0.339 e. The van der Waals surface area contributed by atoms with Crippen molar-refractivity contribution in [1.82, 2.24) is 0 Å². The molecule has 0 aromatic heterocycles. The molecule has 0 atom stereocenters. The van der Waals surface area contributed by atoms with Gasteiger partial charge in [-0.1, -0.05) is 30.3 Å². The van der Waals surface area contributed by atoms with Gasteiger partial charge in [0.05, 0.1) is 12.0 Å². The fourth-order valence-corrected chi connectivity index (χ4v) is 3.56. The second kappa shape index (κ2) is 6.45. The summed E-state index contributed by atoms with van der Waals surface area (Å²) in [6.07, 6.45) is 0. The van der Waals surface area contributed by atoms with E-state index in [1.54, 1.807) is 12.1 Å². The first-order valence-electron chi connectivity index (χ1n) is 7.34. The lowest BCUT2D eigenvalue weighted by Crippen LogP contribution is -2.14. The van der Waals surface area contributed by atoms with Gasteiger partial charge in [-0.05, 0) is 41.1 Å². The molecule has 7 heteroatoms. The number of anilines is 1. The van der Waals surface area contributed by atoms with Crippen molar-refractivity contribution in [1.29, 1.82) is 0 Å². The van der Waals surface area contributed by atoms with Gasteiger partial charge in [0.1, 0.15) is 11.3 Å². The molecule has 0 amide bonds. The highest BCUT2D eigenvalue weighted by atomic mass is 32.2. The van der Waals surface area contributed by atoms with Gasteiger partial charge in [0, 0.05) is 5.69 Å². The minimum atomic E-state index is -3.93. The molecule has 3 aromatic carbocycles. The van der Waals surface area contributed by atoms with E-state index in [0.717, 1.165) is 16.8 Å². The molecule has 3 rings (SSSR count). The van der Waals surface area contributed by atoms with Gasteiger partial charge < -0.3 is 9.84 Å². The highest BCUT2D eigenvalue weighted by molar-refractivity contribution is 7.92. The van der Waals surface area contributed by atoms with Crippen LogP contribution in [0.4, 0.5) is 5.69 Å². The van der Waals surface area contributed by atoms with Gasteiger partial charge in [0.15, 0.2) is 0 Å². The summed E-state index contributed by atoms with van der Waals surface area (Å²) in [7, 11) is -2.61. The van der Waals surface area contributed by atoms with Gasteiger partial charge in [0.2, 0.25) is 0 Å². The maximum atomic E-state index is 12.6. The molecular weight excluding hydrogens is 342 g/mol. The zero-order chi connectivity index (χ0) is 18.0. The van der Waals surface area contributed by atoms with Crippen molar-refractivity contribution in [3.05, 3.63) is 66.2 Å². The summed E-state index contributed by atoms with van der Waals surface area (Å²) in [5, 5.41) is 11.1. The van der Waals surface area contributed by atoms with E-state index in [1.807, 2.05) is 30.3 Å². The number of sulfonamides is 1. The first-order chi connectivity index (χ1) is 11.9. The monoisotopic (exact) mass is 357 g/mol. The summed E-state index contributed by atoms with van der Waals surface area (Å²) in [5.41, 5.74) is 0.176. The van der Waals surface area contributed by atoms with Crippen LogP contribution in [0.1, 0.15) is 10.4 Å². The molecule has 0 aliphatic heterocycles. The highest BCUT2D eigenvalue weighted by Crippen LogP contribution is 2.25. The van der Waals surface area contributed by atoms with Crippen LogP contribution in [0, 0.1) is 0 Å².